The van der Waals surface area contributed by atoms with Crippen LogP contribution in [-0.4, -0.2) is 37.5 Å². The van der Waals surface area contributed by atoms with E-state index in [0.29, 0.717) is 28.5 Å². The molecule has 0 aliphatic carbocycles. The van der Waals surface area contributed by atoms with E-state index in [0.717, 1.165) is 22.5 Å². The van der Waals surface area contributed by atoms with Gasteiger partial charge in [0.05, 0.1) is 17.9 Å². The number of carbonyl (C=O) groups is 1. The number of benzene rings is 2. The van der Waals surface area contributed by atoms with Crippen molar-refractivity contribution in [1.82, 2.24) is 19.3 Å². The first-order valence-electron chi connectivity index (χ1n) is 11.0. The third-order valence-electron chi connectivity index (χ3n) is 6.15. The van der Waals surface area contributed by atoms with Gasteiger partial charge in [0.15, 0.2) is 10.8 Å². The van der Waals surface area contributed by atoms with E-state index in [1.165, 1.54) is 11.8 Å². The van der Waals surface area contributed by atoms with Gasteiger partial charge >= 0.3 is 0 Å². The van der Waals surface area contributed by atoms with Crippen LogP contribution in [0.4, 0.5) is 5.69 Å². The number of amides is 1. The van der Waals surface area contributed by atoms with Gasteiger partial charge in [0.2, 0.25) is 5.91 Å². The summed E-state index contributed by atoms with van der Waals surface area (Å²) in [5, 5.41) is 5.57. The van der Waals surface area contributed by atoms with Crippen molar-refractivity contribution in [2.45, 2.75) is 38.4 Å². The molecule has 33 heavy (non-hydrogen) atoms. The Balaban J connectivity index is 1.49. The number of rotatable bonds is 5. The zero-order chi connectivity index (χ0) is 23.1. The van der Waals surface area contributed by atoms with E-state index < -0.39 is 0 Å². The molecular formula is C25H25N5O2S. The van der Waals surface area contributed by atoms with E-state index in [9.17, 15) is 9.59 Å². The Hall–Kier alpha value is -3.39. The molecule has 1 amide bonds. The lowest BCUT2D eigenvalue weighted by molar-refractivity contribution is -0.119. The minimum Gasteiger partial charge on any atom is -0.312 e. The summed E-state index contributed by atoms with van der Waals surface area (Å²) in [6.07, 6.45) is 1.83. The lowest BCUT2D eigenvalue weighted by Crippen LogP contribution is -2.35. The Labute approximate surface area is 196 Å². The predicted molar refractivity (Wildman–Crippen MR) is 131 cm³/mol. The van der Waals surface area contributed by atoms with Crippen molar-refractivity contribution in [1.29, 1.82) is 0 Å². The second-order valence-corrected chi connectivity index (χ2v) is 9.23. The molecule has 0 saturated carbocycles. The number of anilines is 1. The van der Waals surface area contributed by atoms with Gasteiger partial charge in [-0.2, -0.15) is 5.10 Å². The third kappa shape index (κ3) is 3.64. The topological polar surface area (TPSA) is 73.0 Å². The average molecular weight is 460 g/mol. The summed E-state index contributed by atoms with van der Waals surface area (Å²) in [5.74, 6) is 0.650. The molecule has 4 aromatic rings. The van der Waals surface area contributed by atoms with Crippen LogP contribution >= 0.6 is 11.8 Å². The minimum absolute atomic E-state index is 0.00727. The number of carbonyl (C=O) groups excluding carboxylic acids is 1. The molecule has 5 rings (SSSR count). The number of nitrogens with zero attached hydrogens (tertiary/aromatic N) is 5. The van der Waals surface area contributed by atoms with E-state index in [4.69, 9.17) is 4.98 Å². The smallest absolute Gasteiger partial charge is 0.265 e. The molecule has 1 unspecified atom stereocenters. The minimum atomic E-state index is -0.234. The summed E-state index contributed by atoms with van der Waals surface area (Å²) in [7, 11) is 0. The first-order valence-corrected chi connectivity index (χ1v) is 12.0. The van der Waals surface area contributed by atoms with Gasteiger partial charge in [-0.15, -0.1) is 0 Å². The van der Waals surface area contributed by atoms with Crippen molar-refractivity contribution in [3.63, 3.8) is 0 Å². The molecule has 0 saturated heterocycles. The SMILES string of the molecule is CCN(C(=O)CC1CSc2nc3c(cnn3-c3ccccc3C)c(=O)n21)c1ccccc1C. The third-order valence-corrected chi connectivity index (χ3v) is 7.25. The van der Waals surface area contributed by atoms with Crippen LogP contribution in [0.15, 0.2) is 64.7 Å². The van der Waals surface area contributed by atoms with Gasteiger partial charge in [0.25, 0.3) is 5.56 Å². The van der Waals surface area contributed by atoms with E-state index >= 15 is 0 Å². The number of fused-ring (bicyclic) bond motifs is 2. The maximum absolute atomic E-state index is 13.4. The lowest BCUT2D eigenvalue weighted by Gasteiger charge is -2.24. The number of thioether (sulfide) groups is 1. The van der Waals surface area contributed by atoms with E-state index in [2.05, 4.69) is 5.10 Å². The summed E-state index contributed by atoms with van der Waals surface area (Å²) < 4.78 is 3.41. The van der Waals surface area contributed by atoms with Crippen molar-refractivity contribution < 1.29 is 4.79 Å². The highest BCUT2D eigenvalue weighted by molar-refractivity contribution is 7.99. The van der Waals surface area contributed by atoms with Crippen LogP contribution in [0.5, 0.6) is 0 Å². The molecule has 1 aliphatic rings. The number of para-hydroxylation sites is 2. The maximum atomic E-state index is 13.4. The fourth-order valence-electron chi connectivity index (χ4n) is 4.42. The molecule has 2 aromatic carbocycles. The number of hydrogen-bond acceptors (Lipinski definition) is 5. The van der Waals surface area contributed by atoms with Crippen LogP contribution in [0.25, 0.3) is 16.7 Å². The number of hydrogen-bond donors (Lipinski definition) is 0. The Kier molecular flexibility index (Phi) is 5.54. The molecule has 3 heterocycles. The summed E-state index contributed by atoms with van der Waals surface area (Å²) in [5.41, 5.74) is 4.33. The highest BCUT2D eigenvalue weighted by Gasteiger charge is 2.31. The average Bonchev–Trinajstić information content (AvgIpc) is 3.41. The Morgan fingerprint density at radius 2 is 1.85 bits per heavy atom. The molecule has 0 radical (unpaired) electrons. The number of aromatic nitrogens is 4. The zero-order valence-corrected chi connectivity index (χ0v) is 19.7. The van der Waals surface area contributed by atoms with Crippen LogP contribution in [0.2, 0.25) is 0 Å². The quantitative estimate of drug-likeness (QED) is 0.416. The van der Waals surface area contributed by atoms with Crippen molar-refractivity contribution in [2.75, 3.05) is 17.2 Å². The highest BCUT2D eigenvalue weighted by atomic mass is 32.2. The van der Waals surface area contributed by atoms with E-state index in [1.807, 2.05) is 69.3 Å². The molecular weight excluding hydrogens is 434 g/mol. The first kappa shape index (κ1) is 21.5. The van der Waals surface area contributed by atoms with Gasteiger partial charge in [-0.05, 0) is 44.0 Å². The van der Waals surface area contributed by atoms with Crippen LogP contribution in [0.3, 0.4) is 0 Å². The van der Waals surface area contributed by atoms with Crippen molar-refractivity contribution in [3.05, 3.63) is 76.2 Å². The van der Waals surface area contributed by atoms with Crippen LogP contribution < -0.4 is 10.5 Å². The van der Waals surface area contributed by atoms with Gasteiger partial charge < -0.3 is 4.90 Å². The Morgan fingerprint density at radius 1 is 1.12 bits per heavy atom. The molecule has 2 aromatic heterocycles. The fraction of sp³-hybridized carbons (Fsp3) is 0.280. The molecule has 1 atom stereocenters. The van der Waals surface area contributed by atoms with Crippen LogP contribution in [0.1, 0.15) is 30.5 Å². The standard InChI is InChI=1S/C25H25N5O2S/c1-4-28(20-11-7-5-9-16(20)2)22(31)13-18-15-33-25-27-23-19(24(32)29(18)25)14-26-30(23)21-12-8-6-10-17(21)3/h5-12,14,18H,4,13,15H2,1-3H3. The summed E-state index contributed by atoms with van der Waals surface area (Å²) in [6, 6.07) is 15.5. The molecule has 0 spiro atoms. The monoisotopic (exact) mass is 459 g/mol. The Morgan fingerprint density at radius 3 is 2.58 bits per heavy atom. The van der Waals surface area contributed by atoms with E-state index in [1.54, 1.807) is 20.3 Å². The summed E-state index contributed by atoms with van der Waals surface area (Å²) >= 11 is 1.52. The van der Waals surface area contributed by atoms with Crippen LogP contribution in [-0.2, 0) is 4.79 Å². The molecule has 0 fully saturated rings. The van der Waals surface area contributed by atoms with Crippen molar-refractivity contribution in [2.24, 2.45) is 0 Å². The van der Waals surface area contributed by atoms with Crippen molar-refractivity contribution in [3.8, 4) is 5.69 Å². The highest BCUT2D eigenvalue weighted by Crippen LogP contribution is 2.34. The largest absolute Gasteiger partial charge is 0.312 e. The molecule has 1 aliphatic heterocycles. The molecule has 7 nitrogen and oxygen atoms in total. The number of aryl methyl sites for hydroxylation is 2. The Bertz CT molecular complexity index is 1420. The lowest BCUT2D eigenvalue weighted by atomic mass is 10.1. The van der Waals surface area contributed by atoms with E-state index in [-0.39, 0.29) is 23.9 Å². The second-order valence-electron chi connectivity index (χ2n) is 8.24. The van der Waals surface area contributed by atoms with Crippen LogP contribution in [0, 0.1) is 13.8 Å². The van der Waals surface area contributed by atoms with Gasteiger partial charge in [-0.3, -0.25) is 14.2 Å². The molecule has 168 valence electrons. The van der Waals surface area contributed by atoms with Gasteiger partial charge in [-0.25, -0.2) is 9.67 Å². The van der Waals surface area contributed by atoms with Crippen molar-refractivity contribution >= 4 is 34.4 Å². The van der Waals surface area contributed by atoms with Gasteiger partial charge in [-0.1, -0.05) is 48.2 Å². The normalized spacial score (nSPS) is 15.1. The molecule has 8 heteroatoms. The van der Waals surface area contributed by atoms with Gasteiger partial charge in [0, 0.05) is 24.4 Å². The summed E-state index contributed by atoms with van der Waals surface area (Å²) in [6.45, 7) is 6.56. The molecule has 0 bridgehead atoms. The molecule has 0 N–H and O–H groups in total. The maximum Gasteiger partial charge on any atom is 0.265 e. The first-order chi connectivity index (χ1) is 16.0. The predicted octanol–water partition coefficient (Wildman–Crippen LogP) is 4.29. The second kappa shape index (κ2) is 8.51. The zero-order valence-electron chi connectivity index (χ0n) is 18.9. The van der Waals surface area contributed by atoms with Gasteiger partial charge in [0.1, 0.15) is 5.39 Å². The fourth-order valence-corrected chi connectivity index (χ4v) is 5.55. The summed E-state index contributed by atoms with van der Waals surface area (Å²) in [4.78, 5) is 33.3.